The summed E-state index contributed by atoms with van der Waals surface area (Å²) in [6, 6.07) is 8.17. The topological polar surface area (TPSA) is 20.3 Å². The molecular formula is C14H19NOS. The first-order chi connectivity index (χ1) is 7.97. The third-order valence-corrected chi connectivity index (χ3v) is 3.75. The quantitative estimate of drug-likeness (QED) is 0.758. The Kier molecular flexibility index (Phi) is 3.48. The van der Waals surface area contributed by atoms with Crippen molar-refractivity contribution in [1.82, 2.24) is 0 Å². The number of thioether (sulfide) groups is 1. The highest BCUT2D eigenvalue weighted by molar-refractivity contribution is 7.99. The molecule has 92 valence electrons. The fraction of sp³-hybridized carbons (Fsp3) is 0.500. The maximum atomic E-state index is 12.3. The second kappa shape index (κ2) is 4.73. The highest BCUT2D eigenvalue weighted by Gasteiger charge is 2.25. The Morgan fingerprint density at radius 2 is 2.06 bits per heavy atom. The van der Waals surface area contributed by atoms with Gasteiger partial charge in [0.1, 0.15) is 0 Å². The molecule has 2 rings (SSSR count). The van der Waals surface area contributed by atoms with Crippen molar-refractivity contribution >= 4 is 23.4 Å². The highest BCUT2D eigenvalue weighted by Crippen LogP contribution is 2.35. The fourth-order valence-electron chi connectivity index (χ4n) is 1.98. The van der Waals surface area contributed by atoms with E-state index >= 15 is 0 Å². The van der Waals surface area contributed by atoms with Gasteiger partial charge in [-0.3, -0.25) is 4.79 Å². The Morgan fingerprint density at radius 1 is 1.35 bits per heavy atom. The summed E-state index contributed by atoms with van der Waals surface area (Å²) in [6.45, 7) is 7.15. The van der Waals surface area contributed by atoms with E-state index in [-0.39, 0.29) is 11.3 Å². The molecule has 1 aromatic rings. The molecule has 17 heavy (non-hydrogen) atoms. The Morgan fingerprint density at radius 3 is 2.76 bits per heavy atom. The Bertz CT molecular complexity index is 422. The number of carbonyl (C=O) groups excluding carboxylic acids is 1. The first-order valence-electron chi connectivity index (χ1n) is 5.99. The summed E-state index contributed by atoms with van der Waals surface area (Å²) in [5.41, 5.74) is 1.13. The van der Waals surface area contributed by atoms with E-state index in [4.69, 9.17) is 0 Å². The molecule has 0 saturated carbocycles. The van der Waals surface area contributed by atoms with E-state index in [1.807, 2.05) is 34.9 Å². The van der Waals surface area contributed by atoms with Crippen molar-refractivity contribution in [2.75, 3.05) is 17.2 Å². The zero-order valence-electron chi connectivity index (χ0n) is 10.7. The molecule has 1 aromatic carbocycles. The lowest BCUT2D eigenvalue weighted by Gasteiger charge is -2.31. The first-order valence-corrected chi connectivity index (χ1v) is 6.98. The number of hydrogen-bond donors (Lipinski definition) is 0. The van der Waals surface area contributed by atoms with E-state index in [1.54, 1.807) is 0 Å². The number of rotatable bonds is 1. The van der Waals surface area contributed by atoms with Crippen molar-refractivity contribution in [2.45, 2.75) is 32.1 Å². The molecule has 0 unspecified atom stereocenters. The van der Waals surface area contributed by atoms with Gasteiger partial charge in [0.2, 0.25) is 5.91 Å². The van der Waals surface area contributed by atoms with Crippen LogP contribution in [-0.2, 0) is 4.79 Å². The average molecular weight is 249 g/mol. The SMILES string of the molecule is CC(C)(C)CC(=O)N1CCSc2ccccc21. The number of fused-ring (bicyclic) bond motifs is 1. The van der Waals surface area contributed by atoms with Crippen molar-refractivity contribution < 1.29 is 4.79 Å². The molecule has 0 N–H and O–H groups in total. The molecule has 0 aliphatic carbocycles. The molecule has 0 aromatic heterocycles. The van der Waals surface area contributed by atoms with E-state index < -0.39 is 0 Å². The van der Waals surface area contributed by atoms with Crippen LogP contribution < -0.4 is 4.90 Å². The molecule has 1 heterocycles. The lowest BCUT2D eigenvalue weighted by molar-refractivity contribution is -0.120. The second-order valence-electron chi connectivity index (χ2n) is 5.60. The number of anilines is 1. The minimum absolute atomic E-state index is 0.0522. The predicted molar refractivity (Wildman–Crippen MR) is 73.6 cm³/mol. The second-order valence-corrected chi connectivity index (χ2v) is 6.74. The summed E-state index contributed by atoms with van der Waals surface area (Å²) in [7, 11) is 0. The molecule has 1 aliphatic rings. The maximum Gasteiger partial charge on any atom is 0.227 e. The van der Waals surface area contributed by atoms with E-state index in [0.717, 1.165) is 18.0 Å². The molecule has 0 saturated heterocycles. The van der Waals surface area contributed by atoms with Crippen LogP contribution >= 0.6 is 11.8 Å². The molecule has 0 fully saturated rings. The predicted octanol–water partition coefficient (Wildman–Crippen LogP) is 3.56. The number of benzene rings is 1. The van der Waals surface area contributed by atoms with Crippen LogP contribution in [0.1, 0.15) is 27.2 Å². The van der Waals surface area contributed by atoms with E-state index in [2.05, 4.69) is 26.8 Å². The third-order valence-electron chi connectivity index (χ3n) is 2.71. The number of para-hydroxylation sites is 1. The summed E-state index contributed by atoms with van der Waals surface area (Å²) in [5, 5.41) is 0. The molecule has 0 spiro atoms. The van der Waals surface area contributed by atoms with Gasteiger partial charge in [0, 0.05) is 23.6 Å². The van der Waals surface area contributed by atoms with Crippen LogP contribution in [-0.4, -0.2) is 18.2 Å². The monoisotopic (exact) mass is 249 g/mol. The number of amides is 1. The Hall–Kier alpha value is -0.960. The van der Waals surface area contributed by atoms with Crippen LogP contribution in [0.2, 0.25) is 0 Å². The van der Waals surface area contributed by atoms with Crippen molar-refractivity contribution in [3.8, 4) is 0 Å². The number of carbonyl (C=O) groups is 1. The maximum absolute atomic E-state index is 12.3. The summed E-state index contributed by atoms with van der Waals surface area (Å²) in [6.07, 6.45) is 0.603. The molecule has 3 heteroatoms. The lowest BCUT2D eigenvalue weighted by atomic mass is 9.91. The number of nitrogens with zero attached hydrogens (tertiary/aromatic N) is 1. The fourth-order valence-corrected chi connectivity index (χ4v) is 2.97. The Labute approximate surface area is 107 Å². The van der Waals surface area contributed by atoms with Gasteiger partial charge in [-0.2, -0.15) is 0 Å². The van der Waals surface area contributed by atoms with Gasteiger partial charge in [-0.15, -0.1) is 11.8 Å². The van der Waals surface area contributed by atoms with Gasteiger partial charge >= 0.3 is 0 Å². The van der Waals surface area contributed by atoms with Crippen LogP contribution in [0.25, 0.3) is 0 Å². The minimum Gasteiger partial charge on any atom is -0.310 e. The highest BCUT2D eigenvalue weighted by atomic mass is 32.2. The lowest BCUT2D eigenvalue weighted by Crippen LogP contribution is -2.37. The standard InChI is InChI=1S/C14H19NOS/c1-14(2,3)10-13(16)15-8-9-17-12-7-5-4-6-11(12)15/h4-7H,8-10H2,1-3H3. The van der Waals surface area contributed by atoms with Crippen LogP contribution in [0.5, 0.6) is 0 Å². The average Bonchev–Trinajstić information content (AvgIpc) is 2.26. The van der Waals surface area contributed by atoms with Gasteiger partial charge in [-0.25, -0.2) is 0 Å². The molecule has 0 radical (unpaired) electrons. The Balaban J connectivity index is 2.21. The van der Waals surface area contributed by atoms with Gasteiger partial charge in [0.15, 0.2) is 0 Å². The van der Waals surface area contributed by atoms with Crippen molar-refractivity contribution in [1.29, 1.82) is 0 Å². The molecular weight excluding hydrogens is 230 g/mol. The molecule has 2 nitrogen and oxygen atoms in total. The van der Waals surface area contributed by atoms with E-state index in [0.29, 0.717) is 6.42 Å². The van der Waals surface area contributed by atoms with Crippen LogP contribution in [0.15, 0.2) is 29.2 Å². The van der Waals surface area contributed by atoms with E-state index in [9.17, 15) is 4.79 Å². The smallest absolute Gasteiger partial charge is 0.227 e. The third kappa shape index (κ3) is 3.03. The first kappa shape index (κ1) is 12.5. The van der Waals surface area contributed by atoms with Gasteiger partial charge in [0.05, 0.1) is 5.69 Å². The van der Waals surface area contributed by atoms with Gasteiger partial charge in [-0.1, -0.05) is 32.9 Å². The molecule has 0 bridgehead atoms. The minimum atomic E-state index is 0.0522. The largest absolute Gasteiger partial charge is 0.310 e. The van der Waals surface area contributed by atoms with E-state index in [1.165, 1.54) is 4.90 Å². The summed E-state index contributed by atoms with van der Waals surface area (Å²) >= 11 is 1.83. The summed E-state index contributed by atoms with van der Waals surface area (Å²) < 4.78 is 0. The molecule has 1 aliphatic heterocycles. The zero-order chi connectivity index (χ0) is 12.5. The van der Waals surface area contributed by atoms with Gasteiger partial charge in [-0.05, 0) is 17.5 Å². The van der Waals surface area contributed by atoms with Gasteiger partial charge in [0.25, 0.3) is 0 Å². The van der Waals surface area contributed by atoms with Crippen molar-refractivity contribution in [2.24, 2.45) is 5.41 Å². The van der Waals surface area contributed by atoms with Crippen LogP contribution in [0.3, 0.4) is 0 Å². The summed E-state index contributed by atoms with van der Waals surface area (Å²) in [5.74, 6) is 1.23. The zero-order valence-corrected chi connectivity index (χ0v) is 11.5. The van der Waals surface area contributed by atoms with Crippen LogP contribution in [0, 0.1) is 5.41 Å². The summed E-state index contributed by atoms with van der Waals surface area (Å²) in [4.78, 5) is 15.5. The number of hydrogen-bond acceptors (Lipinski definition) is 2. The van der Waals surface area contributed by atoms with Crippen molar-refractivity contribution in [3.63, 3.8) is 0 Å². The molecule has 0 atom stereocenters. The normalized spacial score (nSPS) is 15.6. The van der Waals surface area contributed by atoms with Crippen molar-refractivity contribution in [3.05, 3.63) is 24.3 Å². The molecule has 1 amide bonds. The van der Waals surface area contributed by atoms with Crippen LogP contribution in [0.4, 0.5) is 5.69 Å². The van der Waals surface area contributed by atoms with Gasteiger partial charge < -0.3 is 4.90 Å².